The zero-order valence-corrected chi connectivity index (χ0v) is 23.4. The van der Waals surface area contributed by atoms with Crippen molar-refractivity contribution in [2.24, 2.45) is 0 Å². The van der Waals surface area contributed by atoms with Crippen LogP contribution in [0, 0.1) is 0 Å². The fourth-order valence-electron chi connectivity index (χ4n) is 3.63. The van der Waals surface area contributed by atoms with Gasteiger partial charge < -0.3 is 19.5 Å². The quantitative estimate of drug-likeness (QED) is 0.196. The maximum absolute atomic E-state index is 12.9. The van der Waals surface area contributed by atoms with Gasteiger partial charge in [0.05, 0.1) is 34.8 Å². The number of hydrogen-bond acceptors (Lipinski definition) is 9. The van der Waals surface area contributed by atoms with Gasteiger partial charge in [-0.05, 0) is 84.9 Å². The van der Waals surface area contributed by atoms with Crippen molar-refractivity contribution < 1.29 is 38.2 Å². The summed E-state index contributed by atoms with van der Waals surface area (Å²) in [7, 11) is 1.53. The van der Waals surface area contributed by atoms with Gasteiger partial charge in [-0.15, -0.1) is 0 Å². The van der Waals surface area contributed by atoms with Crippen LogP contribution in [0.5, 0.6) is 11.5 Å². The van der Waals surface area contributed by atoms with Crippen molar-refractivity contribution in [3.63, 3.8) is 0 Å². The van der Waals surface area contributed by atoms with Gasteiger partial charge in [0.1, 0.15) is 18.0 Å². The normalized spacial score (nSPS) is 13.7. The molecule has 3 aromatic rings. The highest BCUT2D eigenvalue weighted by atomic mass is 35.5. The molecule has 1 heterocycles. The third kappa shape index (κ3) is 7.33. The largest absolute Gasteiger partial charge is 0.497 e. The summed E-state index contributed by atoms with van der Waals surface area (Å²) in [5.41, 5.74) is 1.25. The SMILES string of the molecule is CCOC(=O)c1cc(NC(=O)CN2C(=O)S/C(=C/c3ccc(OC(=O)c4ccc(OC)cc4)cc3)C2=O)ccc1Cl. The Bertz CT molecular complexity index is 1540. The number of nitrogens with one attached hydrogen (secondary N) is 1. The molecule has 0 spiro atoms. The van der Waals surface area contributed by atoms with Crippen LogP contribution in [0.3, 0.4) is 0 Å². The van der Waals surface area contributed by atoms with E-state index in [-0.39, 0.29) is 27.8 Å². The summed E-state index contributed by atoms with van der Waals surface area (Å²) in [6, 6.07) is 17.1. The molecular formula is C29H23ClN2O8S. The lowest BCUT2D eigenvalue weighted by atomic mass is 10.2. The Morgan fingerprint density at radius 3 is 2.29 bits per heavy atom. The highest BCUT2D eigenvalue weighted by Gasteiger charge is 2.36. The number of methoxy groups -OCH3 is 1. The number of esters is 2. The van der Waals surface area contributed by atoms with Gasteiger partial charge in [0, 0.05) is 5.69 Å². The number of ether oxygens (including phenoxy) is 3. The molecule has 3 amide bonds. The molecule has 0 aliphatic carbocycles. The monoisotopic (exact) mass is 594 g/mol. The highest BCUT2D eigenvalue weighted by molar-refractivity contribution is 8.18. The van der Waals surface area contributed by atoms with Crippen molar-refractivity contribution in [3.8, 4) is 11.5 Å². The summed E-state index contributed by atoms with van der Waals surface area (Å²) >= 11 is 6.74. The fourth-order valence-corrected chi connectivity index (χ4v) is 4.66. The zero-order valence-electron chi connectivity index (χ0n) is 21.8. The van der Waals surface area contributed by atoms with Crippen LogP contribution in [-0.4, -0.2) is 54.2 Å². The van der Waals surface area contributed by atoms with Crippen LogP contribution in [0.15, 0.2) is 71.6 Å². The van der Waals surface area contributed by atoms with Gasteiger partial charge in [-0.2, -0.15) is 0 Å². The van der Waals surface area contributed by atoms with Gasteiger partial charge in [-0.3, -0.25) is 19.3 Å². The maximum Gasteiger partial charge on any atom is 0.343 e. The molecule has 3 aromatic carbocycles. The van der Waals surface area contributed by atoms with Crippen molar-refractivity contribution in [2.45, 2.75) is 6.92 Å². The lowest BCUT2D eigenvalue weighted by Gasteiger charge is -2.13. The van der Waals surface area contributed by atoms with Crippen molar-refractivity contribution in [1.29, 1.82) is 0 Å². The molecule has 1 fully saturated rings. The van der Waals surface area contributed by atoms with Gasteiger partial charge in [-0.1, -0.05) is 23.7 Å². The molecule has 10 nitrogen and oxygen atoms in total. The van der Waals surface area contributed by atoms with E-state index in [0.717, 1.165) is 4.90 Å². The van der Waals surface area contributed by atoms with Crippen LogP contribution >= 0.6 is 23.4 Å². The number of carbonyl (C=O) groups is 5. The molecule has 1 aliphatic rings. The molecule has 210 valence electrons. The number of carbonyl (C=O) groups excluding carboxylic acids is 5. The Morgan fingerprint density at radius 1 is 0.951 bits per heavy atom. The molecule has 1 saturated heterocycles. The summed E-state index contributed by atoms with van der Waals surface area (Å²) in [5.74, 6) is -1.56. The van der Waals surface area contributed by atoms with Gasteiger partial charge >= 0.3 is 11.9 Å². The van der Waals surface area contributed by atoms with Crippen molar-refractivity contribution in [3.05, 3.63) is 93.3 Å². The van der Waals surface area contributed by atoms with Crippen LogP contribution < -0.4 is 14.8 Å². The number of anilines is 1. The summed E-state index contributed by atoms with van der Waals surface area (Å²) in [4.78, 5) is 63.3. The summed E-state index contributed by atoms with van der Waals surface area (Å²) in [5, 5.41) is 2.10. The Hall–Kier alpha value is -4.61. The van der Waals surface area contributed by atoms with E-state index in [9.17, 15) is 24.0 Å². The molecule has 0 radical (unpaired) electrons. The van der Waals surface area contributed by atoms with Gasteiger partial charge in [0.2, 0.25) is 5.91 Å². The summed E-state index contributed by atoms with van der Waals surface area (Å²) in [6.45, 7) is 1.28. The standard InChI is InChI=1S/C29H23ClN2O8S/c1-3-39-28(36)22-15-19(8-13-23(22)30)31-25(33)16-32-26(34)24(41-29(32)37)14-17-4-9-21(10-5-17)40-27(35)18-6-11-20(38-2)12-7-18/h4-15H,3,16H2,1-2H3,(H,31,33)/b24-14+. The second kappa shape index (κ2) is 13.2. The van der Waals surface area contributed by atoms with E-state index in [4.69, 9.17) is 25.8 Å². The Balaban J connectivity index is 1.37. The average molecular weight is 595 g/mol. The van der Waals surface area contributed by atoms with Crippen molar-refractivity contribution in [1.82, 2.24) is 4.90 Å². The topological polar surface area (TPSA) is 128 Å². The van der Waals surface area contributed by atoms with E-state index in [1.54, 1.807) is 55.5 Å². The minimum atomic E-state index is -0.645. The Kier molecular flexibility index (Phi) is 9.43. The van der Waals surface area contributed by atoms with Crippen LogP contribution in [0.2, 0.25) is 5.02 Å². The lowest BCUT2D eigenvalue weighted by Crippen LogP contribution is -2.36. The highest BCUT2D eigenvalue weighted by Crippen LogP contribution is 2.32. The van der Waals surface area contributed by atoms with E-state index >= 15 is 0 Å². The molecule has 1 N–H and O–H groups in total. The van der Waals surface area contributed by atoms with E-state index in [2.05, 4.69) is 5.32 Å². The second-order valence-electron chi connectivity index (χ2n) is 8.42. The van der Waals surface area contributed by atoms with Crippen molar-refractivity contribution >= 4 is 64.1 Å². The number of nitrogens with zero attached hydrogens (tertiary/aromatic N) is 1. The molecule has 0 aromatic heterocycles. The van der Waals surface area contributed by atoms with Crippen LogP contribution in [0.1, 0.15) is 33.2 Å². The Labute approximate surface area is 244 Å². The van der Waals surface area contributed by atoms with E-state index in [1.165, 1.54) is 31.4 Å². The van der Waals surface area contributed by atoms with Crippen molar-refractivity contribution in [2.75, 3.05) is 25.6 Å². The number of hydrogen-bond donors (Lipinski definition) is 1. The first-order valence-corrected chi connectivity index (χ1v) is 13.4. The first-order chi connectivity index (χ1) is 19.7. The van der Waals surface area contributed by atoms with Crippen LogP contribution in [0.25, 0.3) is 6.08 Å². The number of halogens is 1. The first kappa shape index (κ1) is 29.4. The Morgan fingerprint density at radius 2 is 1.63 bits per heavy atom. The maximum atomic E-state index is 12.9. The van der Waals surface area contributed by atoms with Gasteiger partial charge in [0.15, 0.2) is 0 Å². The van der Waals surface area contributed by atoms with Gasteiger partial charge in [0.25, 0.3) is 11.1 Å². The predicted molar refractivity (Wildman–Crippen MR) is 153 cm³/mol. The summed E-state index contributed by atoms with van der Waals surface area (Å²) in [6.07, 6.45) is 1.50. The third-order valence-electron chi connectivity index (χ3n) is 5.63. The molecule has 1 aliphatic heterocycles. The molecule has 0 unspecified atom stereocenters. The molecule has 12 heteroatoms. The first-order valence-electron chi connectivity index (χ1n) is 12.2. The molecule has 0 atom stereocenters. The van der Waals surface area contributed by atoms with E-state index in [1.807, 2.05) is 0 Å². The summed E-state index contributed by atoms with van der Waals surface area (Å²) < 4.78 is 15.4. The number of benzene rings is 3. The molecule has 0 saturated carbocycles. The van der Waals surface area contributed by atoms with Crippen LogP contribution in [-0.2, 0) is 14.3 Å². The number of thioether (sulfide) groups is 1. The number of imide groups is 1. The second-order valence-corrected chi connectivity index (χ2v) is 9.82. The number of amides is 3. The van der Waals surface area contributed by atoms with Crippen LogP contribution in [0.4, 0.5) is 10.5 Å². The minimum Gasteiger partial charge on any atom is -0.497 e. The van der Waals surface area contributed by atoms with E-state index in [0.29, 0.717) is 34.4 Å². The zero-order chi connectivity index (χ0) is 29.5. The molecule has 0 bridgehead atoms. The van der Waals surface area contributed by atoms with Gasteiger partial charge in [-0.25, -0.2) is 9.59 Å². The third-order valence-corrected chi connectivity index (χ3v) is 6.87. The smallest absolute Gasteiger partial charge is 0.343 e. The number of rotatable bonds is 9. The van der Waals surface area contributed by atoms with E-state index < -0.39 is 35.5 Å². The molecule has 4 rings (SSSR count). The molecule has 41 heavy (non-hydrogen) atoms. The average Bonchev–Trinajstić information content (AvgIpc) is 3.22. The predicted octanol–water partition coefficient (Wildman–Crippen LogP) is 5.42. The minimum absolute atomic E-state index is 0.0712. The fraction of sp³-hybridized carbons (Fsp3) is 0.138. The molecular weight excluding hydrogens is 572 g/mol. The lowest BCUT2D eigenvalue weighted by molar-refractivity contribution is -0.127.